The molecule has 4 rings (SSSR count). The van der Waals surface area contributed by atoms with E-state index in [9.17, 15) is 9.59 Å². The third-order valence-electron chi connectivity index (χ3n) is 4.04. The molecule has 0 aliphatic heterocycles. The van der Waals surface area contributed by atoms with Crippen molar-refractivity contribution in [2.75, 3.05) is 0 Å². The van der Waals surface area contributed by atoms with E-state index in [4.69, 9.17) is 25.2 Å². The SMILES string of the molecule is Cc1ccc2oc(-c3ccccc3Cl)c(OC(=O)c3ccco3)c(=O)c2c1. The second-order valence-electron chi connectivity index (χ2n) is 5.94. The van der Waals surface area contributed by atoms with Gasteiger partial charge < -0.3 is 13.6 Å². The van der Waals surface area contributed by atoms with E-state index in [1.165, 1.54) is 12.3 Å². The van der Waals surface area contributed by atoms with Gasteiger partial charge in [0, 0.05) is 5.56 Å². The molecule has 6 heteroatoms. The highest BCUT2D eigenvalue weighted by molar-refractivity contribution is 6.33. The number of hydrogen-bond acceptors (Lipinski definition) is 5. The number of aryl methyl sites for hydroxylation is 1. The molecule has 134 valence electrons. The number of ether oxygens (including phenoxy) is 1. The minimum Gasteiger partial charge on any atom is -0.457 e. The molecule has 0 saturated heterocycles. The molecule has 0 spiro atoms. The van der Waals surface area contributed by atoms with Gasteiger partial charge in [-0.2, -0.15) is 0 Å². The molecule has 0 unspecified atom stereocenters. The van der Waals surface area contributed by atoms with Crippen LogP contribution in [0.3, 0.4) is 0 Å². The largest absolute Gasteiger partial charge is 0.457 e. The molecule has 0 saturated carbocycles. The van der Waals surface area contributed by atoms with E-state index in [0.29, 0.717) is 21.6 Å². The summed E-state index contributed by atoms with van der Waals surface area (Å²) < 4.78 is 16.4. The molecule has 0 aliphatic rings. The summed E-state index contributed by atoms with van der Waals surface area (Å²) in [5, 5.41) is 0.676. The molecule has 0 fully saturated rings. The van der Waals surface area contributed by atoms with E-state index < -0.39 is 11.4 Å². The average Bonchev–Trinajstić information content (AvgIpc) is 3.20. The first-order valence-corrected chi connectivity index (χ1v) is 8.50. The number of hydrogen-bond donors (Lipinski definition) is 0. The van der Waals surface area contributed by atoms with Gasteiger partial charge in [0.05, 0.1) is 16.7 Å². The maximum absolute atomic E-state index is 13.1. The van der Waals surface area contributed by atoms with Gasteiger partial charge in [-0.1, -0.05) is 35.4 Å². The lowest BCUT2D eigenvalue weighted by molar-refractivity contribution is 0.0698. The normalized spacial score (nSPS) is 10.9. The quantitative estimate of drug-likeness (QED) is 0.455. The maximum Gasteiger partial charge on any atom is 0.379 e. The van der Waals surface area contributed by atoms with Gasteiger partial charge >= 0.3 is 5.97 Å². The second kappa shape index (κ2) is 6.78. The standard InChI is InChI=1S/C21H13ClO5/c1-12-8-9-16-14(11-12)18(23)20(27-21(24)17-7-4-10-25-17)19(26-16)13-5-2-3-6-15(13)22/h2-11H,1H3. The molecular weight excluding hydrogens is 368 g/mol. The Morgan fingerprint density at radius 1 is 1.07 bits per heavy atom. The minimum atomic E-state index is -0.799. The molecule has 4 aromatic rings. The number of halogens is 1. The van der Waals surface area contributed by atoms with Crippen molar-refractivity contribution in [2.45, 2.75) is 6.92 Å². The first-order chi connectivity index (χ1) is 13.0. The first kappa shape index (κ1) is 17.1. The fourth-order valence-corrected chi connectivity index (χ4v) is 2.97. The Morgan fingerprint density at radius 3 is 2.63 bits per heavy atom. The smallest absolute Gasteiger partial charge is 0.379 e. The zero-order chi connectivity index (χ0) is 19.0. The van der Waals surface area contributed by atoms with Gasteiger partial charge in [0.1, 0.15) is 5.58 Å². The first-order valence-electron chi connectivity index (χ1n) is 8.12. The topological polar surface area (TPSA) is 69.7 Å². The number of esters is 1. The zero-order valence-corrected chi connectivity index (χ0v) is 14.9. The molecule has 0 bridgehead atoms. The third-order valence-corrected chi connectivity index (χ3v) is 4.37. The molecule has 0 amide bonds. The minimum absolute atomic E-state index is 0.0242. The Labute approximate surface area is 158 Å². The predicted molar refractivity (Wildman–Crippen MR) is 101 cm³/mol. The number of benzene rings is 2. The van der Waals surface area contributed by atoms with Crippen LogP contribution in [-0.4, -0.2) is 5.97 Å². The molecular formula is C21H13ClO5. The molecule has 5 nitrogen and oxygen atoms in total. The molecule has 27 heavy (non-hydrogen) atoms. The zero-order valence-electron chi connectivity index (χ0n) is 14.2. The van der Waals surface area contributed by atoms with Crippen molar-refractivity contribution in [3.05, 3.63) is 87.4 Å². The van der Waals surface area contributed by atoms with Crippen LogP contribution in [0.15, 0.2) is 74.5 Å². The van der Waals surface area contributed by atoms with E-state index in [1.54, 1.807) is 42.5 Å². The van der Waals surface area contributed by atoms with Gasteiger partial charge in [-0.15, -0.1) is 0 Å². The maximum atomic E-state index is 13.1. The fraction of sp³-hybridized carbons (Fsp3) is 0.0476. The summed E-state index contributed by atoms with van der Waals surface area (Å²) >= 11 is 6.27. The monoisotopic (exact) mass is 380 g/mol. The highest BCUT2D eigenvalue weighted by Crippen LogP contribution is 2.35. The van der Waals surface area contributed by atoms with Crippen LogP contribution in [0.2, 0.25) is 5.02 Å². The van der Waals surface area contributed by atoms with Crippen molar-refractivity contribution < 1.29 is 18.4 Å². The van der Waals surface area contributed by atoms with E-state index in [1.807, 2.05) is 13.0 Å². The summed E-state index contributed by atoms with van der Waals surface area (Å²) in [7, 11) is 0. The Balaban J connectivity index is 1.97. The summed E-state index contributed by atoms with van der Waals surface area (Å²) in [6.45, 7) is 1.86. The van der Waals surface area contributed by atoms with Crippen LogP contribution in [0.1, 0.15) is 16.1 Å². The summed E-state index contributed by atoms with van der Waals surface area (Å²) in [5.41, 5.74) is 1.23. The lowest BCUT2D eigenvalue weighted by atomic mass is 10.1. The molecule has 2 aromatic carbocycles. The predicted octanol–water partition coefficient (Wildman–Crippen LogP) is 5.23. The molecule has 0 atom stereocenters. The van der Waals surface area contributed by atoms with Gasteiger partial charge in [-0.3, -0.25) is 4.79 Å². The molecule has 2 heterocycles. The summed E-state index contributed by atoms with van der Waals surface area (Å²) in [6, 6.07) is 15.1. The fourth-order valence-electron chi connectivity index (χ4n) is 2.75. The van der Waals surface area contributed by atoms with Crippen LogP contribution in [0.4, 0.5) is 0 Å². The van der Waals surface area contributed by atoms with Crippen molar-refractivity contribution >= 4 is 28.5 Å². The Hall–Kier alpha value is -3.31. The van der Waals surface area contributed by atoms with Gasteiger partial charge in [-0.05, 0) is 43.3 Å². The summed E-state index contributed by atoms with van der Waals surface area (Å²) in [6.07, 6.45) is 1.35. The van der Waals surface area contributed by atoms with E-state index >= 15 is 0 Å². The number of furan rings is 1. The lowest BCUT2D eigenvalue weighted by Crippen LogP contribution is -2.16. The highest BCUT2D eigenvalue weighted by Gasteiger charge is 2.23. The third kappa shape index (κ3) is 3.13. The van der Waals surface area contributed by atoms with E-state index in [2.05, 4.69) is 0 Å². The highest BCUT2D eigenvalue weighted by atomic mass is 35.5. The molecule has 0 N–H and O–H groups in total. The van der Waals surface area contributed by atoms with Crippen LogP contribution >= 0.6 is 11.6 Å². The van der Waals surface area contributed by atoms with E-state index in [0.717, 1.165) is 5.56 Å². The lowest BCUT2D eigenvalue weighted by Gasteiger charge is -2.11. The van der Waals surface area contributed by atoms with Gasteiger partial charge in [0.15, 0.2) is 5.76 Å². The van der Waals surface area contributed by atoms with Crippen molar-refractivity contribution in [3.8, 4) is 17.1 Å². The van der Waals surface area contributed by atoms with Crippen molar-refractivity contribution in [1.82, 2.24) is 0 Å². The molecule has 0 radical (unpaired) electrons. The van der Waals surface area contributed by atoms with Gasteiger partial charge in [-0.25, -0.2) is 4.79 Å². The van der Waals surface area contributed by atoms with Crippen LogP contribution in [0.25, 0.3) is 22.3 Å². The second-order valence-corrected chi connectivity index (χ2v) is 6.34. The van der Waals surface area contributed by atoms with Gasteiger partial charge in [0.25, 0.3) is 0 Å². The van der Waals surface area contributed by atoms with Crippen LogP contribution in [0.5, 0.6) is 5.75 Å². The summed E-state index contributed by atoms with van der Waals surface area (Å²) in [4.78, 5) is 25.4. The van der Waals surface area contributed by atoms with Crippen LogP contribution < -0.4 is 10.2 Å². The Bertz CT molecular complexity index is 1210. The number of rotatable bonds is 3. The van der Waals surface area contributed by atoms with Crippen molar-refractivity contribution in [3.63, 3.8) is 0 Å². The average molecular weight is 381 g/mol. The Morgan fingerprint density at radius 2 is 1.89 bits per heavy atom. The van der Waals surface area contributed by atoms with Crippen molar-refractivity contribution in [1.29, 1.82) is 0 Å². The number of fused-ring (bicyclic) bond motifs is 1. The van der Waals surface area contributed by atoms with Crippen molar-refractivity contribution in [2.24, 2.45) is 0 Å². The number of carbonyl (C=O) groups excluding carboxylic acids is 1. The summed E-state index contributed by atoms with van der Waals surface area (Å²) in [5.74, 6) is -0.971. The molecule has 0 aliphatic carbocycles. The van der Waals surface area contributed by atoms with Gasteiger partial charge in [0.2, 0.25) is 16.9 Å². The van der Waals surface area contributed by atoms with Crippen LogP contribution in [0, 0.1) is 6.92 Å². The number of carbonyl (C=O) groups is 1. The van der Waals surface area contributed by atoms with Crippen LogP contribution in [-0.2, 0) is 0 Å². The molecule has 2 aromatic heterocycles. The van der Waals surface area contributed by atoms with E-state index in [-0.39, 0.29) is 17.3 Å². The Kier molecular flexibility index (Phi) is 4.30.